The summed E-state index contributed by atoms with van der Waals surface area (Å²) in [5, 5.41) is 0. The van der Waals surface area contributed by atoms with Crippen LogP contribution in [0.15, 0.2) is 60.9 Å². The molecule has 0 aliphatic carbocycles. The van der Waals surface area contributed by atoms with Gasteiger partial charge in [-0.25, -0.2) is 9.55 Å². The Morgan fingerprint density at radius 3 is 2.55 bits per heavy atom. The molecule has 0 radical (unpaired) electrons. The highest BCUT2D eigenvalue weighted by Crippen LogP contribution is 2.37. The summed E-state index contributed by atoms with van der Waals surface area (Å²) in [6.45, 7) is 0.333. The average molecular weight is 422 g/mol. The number of aromatic nitrogens is 2. The van der Waals surface area contributed by atoms with E-state index in [4.69, 9.17) is 4.74 Å². The molecule has 3 heterocycles. The van der Waals surface area contributed by atoms with Crippen molar-refractivity contribution in [2.75, 3.05) is 10.5 Å². The summed E-state index contributed by atoms with van der Waals surface area (Å²) in [5.41, 5.74) is 0.367. The maximum atomic E-state index is 13.1. The zero-order chi connectivity index (χ0) is 20.6. The number of pyridine rings is 2. The van der Waals surface area contributed by atoms with Gasteiger partial charge in [0.25, 0.3) is 5.82 Å². The van der Waals surface area contributed by atoms with Gasteiger partial charge in [-0.15, -0.1) is 0 Å². The van der Waals surface area contributed by atoms with Gasteiger partial charge in [-0.1, -0.05) is 12.1 Å². The number of rotatable bonds is 3. The van der Waals surface area contributed by atoms with Crippen molar-refractivity contribution in [2.45, 2.75) is 12.7 Å². The molecule has 29 heavy (non-hydrogen) atoms. The van der Waals surface area contributed by atoms with Crippen LogP contribution in [0.4, 0.5) is 19.0 Å². The van der Waals surface area contributed by atoms with Gasteiger partial charge in [0, 0.05) is 6.20 Å². The third-order valence-electron chi connectivity index (χ3n) is 4.38. The molecule has 0 fully saturated rings. The summed E-state index contributed by atoms with van der Waals surface area (Å²) in [6, 6.07) is 11.9. The molecule has 0 unspecified atom stereocenters. The van der Waals surface area contributed by atoms with E-state index in [9.17, 15) is 21.6 Å². The molecule has 0 amide bonds. The molecule has 2 aromatic heterocycles. The molecule has 1 N–H and O–H groups in total. The molecule has 0 saturated carbocycles. The Morgan fingerprint density at radius 2 is 1.83 bits per heavy atom. The van der Waals surface area contributed by atoms with Crippen LogP contribution < -0.4 is 14.0 Å². The molecule has 0 saturated heterocycles. The summed E-state index contributed by atoms with van der Waals surface area (Å²) in [7, 11) is -3.40. The third-order valence-corrected chi connectivity index (χ3v) is 5.61. The first-order chi connectivity index (χ1) is 13.7. The first-order valence-electron chi connectivity index (χ1n) is 8.56. The fourth-order valence-electron chi connectivity index (χ4n) is 3.00. The van der Waals surface area contributed by atoms with Gasteiger partial charge in [0.15, 0.2) is 0 Å². The molecule has 1 aromatic carbocycles. The van der Waals surface area contributed by atoms with Gasteiger partial charge >= 0.3 is 16.2 Å². The minimum atomic E-state index is -4.58. The lowest BCUT2D eigenvalue weighted by atomic mass is 10.1. The summed E-state index contributed by atoms with van der Waals surface area (Å²) in [4.78, 5) is 3.67. The second kappa shape index (κ2) is 7.03. The molecule has 4 rings (SSSR count). The summed E-state index contributed by atoms with van der Waals surface area (Å²) in [6.07, 6.45) is -1.59. The SMILES string of the molecule is O=S1(=O)CC[n+]2cccc(-c3ccc(Oc4ncccc4C(F)(F)F)cc3)c2N1. The number of benzene rings is 1. The van der Waals surface area contributed by atoms with Crippen LogP contribution in [-0.2, 0) is 22.7 Å². The second-order valence-electron chi connectivity index (χ2n) is 6.37. The Kier molecular flexibility index (Phi) is 4.65. The smallest absolute Gasteiger partial charge is 0.421 e. The Hall–Kier alpha value is -3.14. The van der Waals surface area contributed by atoms with E-state index in [0.717, 1.165) is 6.07 Å². The second-order valence-corrected chi connectivity index (χ2v) is 8.21. The summed E-state index contributed by atoms with van der Waals surface area (Å²) >= 11 is 0. The predicted molar refractivity (Wildman–Crippen MR) is 98.8 cm³/mol. The van der Waals surface area contributed by atoms with Gasteiger partial charge in [-0.3, -0.25) is 0 Å². The van der Waals surface area contributed by atoms with Crippen molar-refractivity contribution >= 4 is 15.8 Å². The lowest BCUT2D eigenvalue weighted by molar-refractivity contribution is -0.679. The number of fused-ring (bicyclic) bond motifs is 1. The van der Waals surface area contributed by atoms with Crippen molar-refractivity contribution in [2.24, 2.45) is 0 Å². The minimum absolute atomic E-state index is 0.00743. The minimum Gasteiger partial charge on any atom is -0.438 e. The zero-order valence-electron chi connectivity index (χ0n) is 14.8. The number of nitrogens with zero attached hydrogens (tertiary/aromatic N) is 2. The molecule has 0 atom stereocenters. The number of hydrogen-bond donors (Lipinski definition) is 1. The molecule has 3 aromatic rings. The molecular weight excluding hydrogens is 407 g/mol. The standard InChI is InChI=1S/C19H14F3N3O3S/c20-19(21,22)16-4-1-9-23-18(16)28-14-7-5-13(6-8-14)15-3-2-10-25-11-12-29(26,27)24-17(15)25/h1-10H,11-12H2/p+1. The highest BCUT2D eigenvalue weighted by Gasteiger charge is 2.35. The maximum absolute atomic E-state index is 13.1. The third kappa shape index (κ3) is 4.02. The van der Waals surface area contributed by atoms with E-state index in [1.807, 2.05) is 0 Å². The predicted octanol–water partition coefficient (Wildman–Crippen LogP) is 3.60. The van der Waals surface area contributed by atoms with Crippen molar-refractivity contribution in [1.82, 2.24) is 4.98 Å². The molecule has 6 nitrogen and oxygen atoms in total. The number of sulfonamides is 1. The average Bonchev–Trinajstić information content (AvgIpc) is 2.67. The van der Waals surface area contributed by atoms with Crippen molar-refractivity contribution in [1.29, 1.82) is 0 Å². The van der Waals surface area contributed by atoms with Crippen molar-refractivity contribution in [3.63, 3.8) is 0 Å². The summed E-state index contributed by atoms with van der Waals surface area (Å²) < 4.78 is 72.8. The molecule has 0 bridgehead atoms. The van der Waals surface area contributed by atoms with Crippen LogP contribution in [-0.4, -0.2) is 19.2 Å². The quantitative estimate of drug-likeness (QED) is 0.655. The van der Waals surface area contributed by atoms with E-state index < -0.39 is 27.6 Å². The molecule has 150 valence electrons. The van der Waals surface area contributed by atoms with E-state index in [1.165, 1.54) is 24.4 Å². The van der Waals surface area contributed by atoms with Crippen LogP contribution in [0.25, 0.3) is 11.1 Å². The molecular formula is C19H15F3N3O3S+. The topological polar surface area (TPSA) is 72.2 Å². The highest BCUT2D eigenvalue weighted by atomic mass is 32.2. The van der Waals surface area contributed by atoms with Gasteiger partial charge < -0.3 is 4.74 Å². The molecule has 0 spiro atoms. The monoisotopic (exact) mass is 422 g/mol. The normalized spacial score (nSPS) is 15.3. The van der Waals surface area contributed by atoms with Crippen LogP contribution >= 0.6 is 0 Å². The largest absolute Gasteiger partial charge is 0.438 e. The fraction of sp³-hybridized carbons (Fsp3) is 0.158. The van der Waals surface area contributed by atoms with Crippen LogP contribution in [0.2, 0.25) is 0 Å². The molecule has 1 aliphatic heterocycles. The van der Waals surface area contributed by atoms with E-state index >= 15 is 0 Å². The fourth-order valence-corrected chi connectivity index (χ4v) is 4.06. The number of anilines is 1. The van der Waals surface area contributed by atoms with E-state index in [2.05, 4.69) is 9.71 Å². The van der Waals surface area contributed by atoms with Gasteiger partial charge in [0.05, 0.1) is 11.8 Å². The van der Waals surface area contributed by atoms with Crippen molar-refractivity contribution in [3.8, 4) is 22.8 Å². The Bertz CT molecular complexity index is 1160. The molecule has 10 heteroatoms. The number of nitrogens with one attached hydrogen (secondary N) is 1. The molecule has 1 aliphatic rings. The lowest BCUT2D eigenvalue weighted by Gasteiger charge is -2.16. The highest BCUT2D eigenvalue weighted by molar-refractivity contribution is 7.92. The zero-order valence-corrected chi connectivity index (χ0v) is 15.7. The van der Waals surface area contributed by atoms with Gasteiger partial charge in [-0.05, 0) is 42.0 Å². The van der Waals surface area contributed by atoms with Gasteiger partial charge in [0.1, 0.15) is 23.6 Å². The number of halogens is 3. The number of aryl methyl sites for hydroxylation is 1. The van der Waals surface area contributed by atoms with Crippen molar-refractivity contribution in [3.05, 3.63) is 66.5 Å². The lowest BCUT2D eigenvalue weighted by Crippen LogP contribution is -2.47. The van der Waals surface area contributed by atoms with Crippen LogP contribution in [0.3, 0.4) is 0 Å². The Labute approximate surface area is 164 Å². The van der Waals surface area contributed by atoms with E-state index in [-0.39, 0.29) is 11.5 Å². The summed E-state index contributed by atoms with van der Waals surface area (Å²) in [5.74, 6) is 0.0765. The maximum Gasteiger partial charge on any atom is 0.421 e. The van der Waals surface area contributed by atoms with Crippen LogP contribution in [0, 0.1) is 0 Å². The first kappa shape index (κ1) is 19.2. The Morgan fingerprint density at radius 1 is 1.07 bits per heavy atom. The van der Waals surface area contributed by atoms with E-state index in [1.54, 1.807) is 35.0 Å². The van der Waals surface area contributed by atoms with Crippen LogP contribution in [0.5, 0.6) is 11.6 Å². The first-order valence-corrected chi connectivity index (χ1v) is 10.2. The van der Waals surface area contributed by atoms with Gasteiger partial charge in [0.2, 0.25) is 5.88 Å². The number of alkyl halides is 3. The van der Waals surface area contributed by atoms with Crippen molar-refractivity contribution < 1.29 is 30.9 Å². The van der Waals surface area contributed by atoms with E-state index in [0.29, 0.717) is 23.5 Å². The van der Waals surface area contributed by atoms with Crippen LogP contribution in [0.1, 0.15) is 5.56 Å². The number of ether oxygens (including phenoxy) is 1. The Balaban J connectivity index is 1.64. The van der Waals surface area contributed by atoms with Gasteiger partial charge in [-0.2, -0.15) is 26.3 Å². The number of hydrogen-bond acceptors (Lipinski definition) is 4.